The van der Waals surface area contributed by atoms with Crippen LogP contribution in [0.15, 0.2) is 65.6 Å². The molecule has 0 aliphatic carbocycles. The average molecular weight is 527 g/mol. The number of hydrogen-bond donors (Lipinski definition) is 1. The molecule has 1 saturated heterocycles. The van der Waals surface area contributed by atoms with E-state index in [0.29, 0.717) is 35.5 Å². The Hall–Kier alpha value is -3.01. The molecule has 190 valence electrons. The third-order valence-electron chi connectivity index (χ3n) is 6.09. The lowest BCUT2D eigenvalue weighted by Crippen LogP contribution is -2.42. The maximum absolute atomic E-state index is 13.1. The molecule has 9 heteroatoms. The molecular formula is C27H30N2O5S2. The van der Waals surface area contributed by atoms with E-state index in [2.05, 4.69) is 19.2 Å². The van der Waals surface area contributed by atoms with Gasteiger partial charge in [0.05, 0.1) is 17.2 Å². The van der Waals surface area contributed by atoms with Gasteiger partial charge in [-0.1, -0.05) is 44.2 Å². The Balaban J connectivity index is 1.55. The molecule has 0 bridgehead atoms. The molecule has 0 unspecified atom stereocenters. The zero-order valence-electron chi connectivity index (χ0n) is 20.6. The number of nitrogens with zero attached hydrogens (tertiary/aromatic N) is 1. The third-order valence-corrected chi connectivity index (χ3v) is 9.10. The van der Waals surface area contributed by atoms with E-state index in [1.807, 2.05) is 30.3 Å². The summed E-state index contributed by atoms with van der Waals surface area (Å²) in [6.45, 7) is 7.05. The van der Waals surface area contributed by atoms with Crippen molar-refractivity contribution in [2.75, 3.05) is 25.0 Å². The summed E-state index contributed by atoms with van der Waals surface area (Å²) < 4.78 is 33.0. The van der Waals surface area contributed by atoms with Gasteiger partial charge in [0, 0.05) is 23.5 Å². The SMILES string of the molecule is CCOC(=O)c1sc(-c2ccccc2)cc1NC(=O)c1ccc(S(=O)(=O)N2C[C@H](C)C[C@H](C)C2)cc1. The Morgan fingerprint density at radius 1 is 1.03 bits per heavy atom. The van der Waals surface area contributed by atoms with E-state index in [4.69, 9.17) is 4.74 Å². The lowest BCUT2D eigenvalue weighted by molar-refractivity contribution is 0.0533. The second kappa shape index (κ2) is 10.9. The number of benzene rings is 2. The molecule has 1 aliphatic heterocycles. The van der Waals surface area contributed by atoms with Crippen LogP contribution in [0.25, 0.3) is 10.4 Å². The van der Waals surface area contributed by atoms with Gasteiger partial charge in [-0.15, -0.1) is 11.3 Å². The summed E-state index contributed by atoms with van der Waals surface area (Å²) in [5, 5.41) is 2.80. The highest BCUT2D eigenvalue weighted by Crippen LogP contribution is 2.35. The zero-order chi connectivity index (χ0) is 25.9. The van der Waals surface area contributed by atoms with Gasteiger partial charge in [0.25, 0.3) is 5.91 Å². The molecule has 1 aliphatic rings. The van der Waals surface area contributed by atoms with Gasteiger partial charge < -0.3 is 10.1 Å². The van der Waals surface area contributed by atoms with E-state index in [1.54, 1.807) is 13.0 Å². The number of esters is 1. The summed E-state index contributed by atoms with van der Waals surface area (Å²) in [6, 6.07) is 17.2. The molecular weight excluding hydrogens is 496 g/mol. The number of anilines is 1. The largest absolute Gasteiger partial charge is 0.462 e. The summed E-state index contributed by atoms with van der Waals surface area (Å²) in [5.41, 5.74) is 1.57. The summed E-state index contributed by atoms with van der Waals surface area (Å²) in [7, 11) is -3.64. The molecule has 2 aromatic carbocycles. The number of amides is 1. The van der Waals surface area contributed by atoms with Crippen LogP contribution in [0.2, 0.25) is 0 Å². The number of nitrogens with one attached hydrogen (secondary N) is 1. The van der Waals surface area contributed by atoms with Crippen molar-refractivity contribution in [1.82, 2.24) is 4.31 Å². The Morgan fingerprint density at radius 2 is 1.67 bits per heavy atom. The summed E-state index contributed by atoms with van der Waals surface area (Å²) in [4.78, 5) is 26.9. The van der Waals surface area contributed by atoms with E-state index in [-0.39, 0.29) is 17.1 Å². The van der Waals surface area contributed by atoms with Gasteiger partial charge in [-0.05, 0) is 61.1 Å². The van der Waals surface area contributed by atoms with Crippen LogP contribution in [-0.2, 0) is 14.8 Å². The standard InChI is InChI=1S/C27H30N2O5S2/c1-4-34-27(31)25-23(15-24(35-25)20-8-6-5-7-9-20)28-26(30)21-10-12-22(13-11-21)36(32,33)29-16-18(2)14-19(3)17-29/h5-13,15,18-19H,4,14,16-17H2,1-3H3,(H,28,30)/t18-,19+. The Morgan fingerprint density at radius 3 is 2.28 bits per heavy atom. The quantitative estimate of drug-likeness (QED) is 0.410. The van der Waals surface area contributed by atoms with Gasteiger partial charge in [0.15, 0.2) is 0 Å². The van der Waals surface area contributed by atoms with E-state index in [0.717, 1.165) is 16.9 Å². The molecule has 1 fully saturated rings. The van der Waals surface area contributed by atoms with Gasteiger partial charge in [-0.3, -0.25) is 4.79 Å². The minimum Gasteiger partial charge on any atom is -0.462 e. The number of ether oxygens (including phenoxy) is 1. The molecule has 3 aromatic rings. The van der Waals surface area contributed by atoms with E-state index in [1.165, 1.54) is 39.9 Å². The molecule has 0 saturated carbocycles. The average Bonchev–Trinajstić information content (AvgIpc) is 3.28. The number of rotatable bonds is 7. The van der Waals surface area contributed by atoms with Gasteiger partial charge in [0.2, 0.25) is 10.0 Å². The van der Waals surface area contributed by atoms with Crippen LogP contribution < -0.4 is 5.32 Å². The fourth-order valence-electron chi connectivity index (χ4n) is 4.50. The second-order valence-corrected chi connectivity index (χ2v) is 12.2. The van der Waals surface area contributed by atoms with Gasteiger partial charge in [-0.25, -0.2) is 13.2 Å². The van der Waals surface area contributed by atoms with E-state index in [9.17, 15) is 18.0 Å². The van der Waals surface area contributed by atoms with Crippen LogP contribution in [-0.4, -0.2) is 44.3 Å². The first kappa shape index (κ1) is 26.1. The predicted octanol–water partition coefficient (Wildman–Crippen LogP) is 5.51. The molecule has 0 radical (unpaired) electrons. The minimum absolute atomic E-state index is 0.162. The fourth-order valence-corrected chi connectivity index (χ4v) is 7.19. The monoisotopic (exact) mass is 526 g/mol. The first-order chi connectivity index (χ1) is 17.2. The molecule has 0 spiro atoms. The predicted molar refractivity (Wildman–Crippen MR) is 142 cm³/mol. The van der Waals surface area contributed by atoms with Gasteiger partial charge >= 0.3 is 5.97 Å². The number of carbonyl (C=O) groups is 2. The second-order valence-electron chi connectivity index (χ2n) is 9.19. The van der Waals surface area contributed by atoms with Crippen LogP contribution in [0.4, 0.5) is 5.69 Å². The lowest BCUT2D eigenvalue weighted by Gasteiger charge is -2.34. The Kier molecular flexibility index (Phi) is 7.92. The topological polar surface area (TPSA) is 92.8 Å². The van der Waals surface area contributed by atoms with Crippen molar-refractivity contribution in [3.05, 3.63) is 71.1 Å². The minimum atomic E-state index is -3.64. The smallest absolute Gasteiger partial charge is 0.350 e. The third kappa shape index (κ3) is 5.69. The number of piperidine rings is 1. The molecule has 1 N–H and O–H groups in total. The van der Waals surface area contributed by atoms with Crippen LogP contribution in [0.1, 0.15) is 47.2 Å². The molecule has 2 atom stereocenters. The number of thiophene rings is 1. The highest BCUT2D eigenvalue weighted by Gasteiger charge is 2.31. The lowest BCUT2D eigenvalue weighted by atomic mass is 9.94. The maximum Gasteiger partial charge on any atom is 0.350 e. The zero-order valence-corrected chi connectivity index (χ0v) is 22.2. The highest BCUT2D eigenvalue weighted by molar-refractivity contribution is 7.89. The van der Waals surface area contributed by atoms with Crippen molar-refractivity contribution >= 4 is 38.9 Å². The number of carbonyl (C=O) groups excluding carboxylic acids is 2. The Bertz CT molecular complexity index is 1320. The van der Waals surface area contributed by atoms with E-state index >= 15 is 0 Å². The normalized spacial score (nSPS) is 18.5. The first-order valence-corrected chi connectivity index (χ1v) is 14.2. The molecule has 1 aromatic heterocycles. The van der Waals surface area contributed by atoms with Crippen molar-refractivity contribution in [2.45, 2.75) is 32.1 Å². The summed E-state index contributed by atoms with van der Waals surface area (Å²) in [5.74, 6) is -0.351. The Labute approximate surface area is 216 Å². The fraction of sp³-hybridized carbons (Fsp3) is 0.333. The molecule has 4 rings (SSSR count). The van der Waals surface area contributed by atoms with Crippen molar-refractivity contribution in [1.29, 1.82) is 0 Å². The number of sulfonamides is 1. The van der Waals surface area contributed by atoms with Crippen molar-refractivity contribution < 1.29 is 22.7 Å². The number of hydrogen-bond acceptors (Lipinski definition) is 6. The van der Waals surface area contributed by atoms with E-state index < -0.39 is 21.9 Å². The van der Waals surface area contributed by atoms with Gasteiger partial charge in [-0.2, -0.15) is 4.31 Å². The molecule has 2 heterocycles. The van der Waals surface area contributed by atoms with Gasteiger partial charge in [0.1, 0.15) is 4.88 Å². The first-order valence-electron chi connectivity index (χ1n) is 12.0. The molecule has 36 heavy (non-hydrogen) atoms. The highest BCUT2D eigenvalue weighted by atomic mass is 32.2. The van der Waals surface area contributed by atoms with Crippen LogP contribution >= 0.6 is 11.3 Å². The van der Waals surface area contributed by atoms with Crippen LogP contribution in [0.3, 0.4) is 0 Å². The summed E-state index contributed by atoms with van der Waals surface area (Å²) >= 11 is 1.25. The molecule has 7 nitrogen and oxygen atoms in total. The maximum atomic E-state index is 13.1. The van der Waals surface area contributed by atoms with Crippen molar-refractivity contribution in [3.63, 3.8) is 0 Å². The van der Waals surface area contributed by atoms with Crippen LogP contribution in [0.5, 0.6) is 0 Å². The van der Waals surface area contributed by atoms with Crippen LogP contribution in [0, 0.1) is 11.8 Å². The van der Waals surface area contributed by atoms with Crippen molar-refractivity contribution in [2.24, 2.45) is 11.8 Å². The molecule has 1 amide bonds. The van der Waals surface area contributed by atoms with Crippen molar-refractivity contribution in [3.8, 4) is 10.4 Å². The summed E-state index contributed by atoms with van der Waals surface area (Å²) in [6.07, 6.45) is 1.01.